The number of ether oxygens (including phenoxy) is 1. The van der Waals surface area contributed by atoms with Crippen LogP contribution >= 0.6 is 35.6 Å². The van der Waals surface area contributed by atoms with Crippen LogP contribution in [0.2, 0.25) is 5.02 Å². The molecule has 0 aliphatic heterocycles. The van der Waals surface area contributed by atoms with Crippen molar-refractivity contribution in [3.8, 4) is 0 Å². The van der Waals surface area contributed by atoms with Gasteiger partial charge in [0.2, 0.25) is 10.0 Å². The van der Waals surface area contributed by atoms with Crippen LogP contribution in [-0.2, 0) is 27.7 Å². The molecule has 0 aromatic heterocycles. The van der Waals surface area contributed by atoms with Crippen LogP contribution in [0.3, 0.4) is 0 Å². The first-order chi connectivity index (χ1) is 13.9. The molecule has 2 aromatic rings. The van der Waals surface area contributed by atoms with Crippen LogP contribution in [0.25, 0.3) is 0 Å². The van der Waals surface area contributed by atoms with Crippen molar-refractivity contribution in [3.63, 3.8) is 0 Å². The number of hydrogen-bond donors (Lipinski definition) is 3. The van der Waals surface area contributed by atoms with Gasteiger partial charge in [0.25, 0.3) is 0 Å². The van der Waals surface area contributed by atoms with E-state index in [0.29, 0.717) is 25.7 Å². The van der Waals surface area contributed by atoms with E-state index < -0.39 is 10.0 Å². The fourth-order valence-electron chi connectivity index (χ4n) is 2.57. The van der Waals surface area contributed by atoms with Crippen molar-refractivity contribution in [2.45, 2.75) is 17.9 Å². The lowest BCUT2D eigenvalue weighted by atomic mass is 10.1. The highest BCUT2D eigenvalue weighted by Gasteiger charge is 2.13. The van der Waals surface area contributed by atoms with Crippen LogP contribution in [0.5, 0.6) is 0 Å². The van der Waals surface area contributed by atoms with E-state index in [1.165, 1.54) is 12.7 Å². The first-order valence-electron chi connectivity index (χ1n) is 9.21. The molecule has 0 heterocycles. The summed E-state index contributed by atoms with van der Waals surface area (Å²) in [5.74, 6) is 0.644. The highest BCUT2D eigenvalue weighted by molar-refractivity contribution is 14.0. The van der Waals surface area contributed by atoms with E-state index in [1.807, 2.05) is 30.3 Å². The molecule has 166 valence electrons. The summed E-state index contributed by atoms with van der Waals surface area (Å²) in [6.07, 6.45) is 0.832. The maximum atomic E-state index is 12.3. The summed E-state index contributed by atoms with van der Waals surface area (Å²) in [5, 5.41) is 7.16. The molecule has 0 saturated carbocycles. The summed E-state index contributed by atoms with van der Waals surface area (Å²) in [6.45, 7) is 1.70. The average molecular weight is 567 g/mol. The minimum absolute atomic E-state index is 0. The lowest BCUT2D eigenvalue weighted by Gasteiger charge is -2.13. The summed E-state index contributed by atoms with van der Waals surface area (Å²) in [7, 11) is -0.343. The summed E-state index contributed by atoms with van der Waals surface area (Å²) in [4.78, 5) is 4.42. The molecular weight excluding hydrogens is 539 g/mol. The minimum Gasteiger partial charge on any atom is -0.383 e. The Kier molecular flexibility index (Phi) is 12.3. The molecule has 0 unspecified atom stereocenters. The number of benzene rings is 2. The molecule has 0 spiro atoms. The number of hydrogen-bond acceptors (Lipinski definition) is 4. The molecule has 0 amide bonds. The smallest absolute Gasteiger partial charge is 0.240 e. The Morgan fingerprint density at radius 3 is 2.47 bits per heavy atom. The summed E-state index contributed by atoms with van der Waals surface area (Å²) in [6, 6.07) is 14.5. The van der Waals surface area contributed by atoms with Crippen molar-refractivity contribution in [2.75, 3.05) is 33.9 Å². The first kappa shape index (κ1) is 26.6. The van der Waals surface area contributed by atoms with Crippen molar-refractivity contribution in [1.29, 1.82) is 0 Å². The lowest BCUT2D eigenvalue weighted by molar-refractivity contribution is 0.204. The largest absolute Gasteiger partial charge is 0.383 e. The summed E-state index contributed by atoms with van der Waals surface area (Å²) in [5.41, 5.74) is 2.01. The van der Waals surface area contributed by atoms with Crippen LogP contribution in [-0.4, -0.2) is 48.2 Å². The van der Waals surface area contributed by atoms with Crippen molar-refractivity contribution >= 4 is 51.6 Å². The SMILES string of the molecule is CN=C(NCCc1ccc(Cl)cc1)NCc1cccc(S(=O)(=O)NCCOC)c1.I. The highest BCUT2D eigenvalue weighted by atomic mass is 127. The van der Waals surface area contributed by atoms with Crippen LogP contribution < -0.4 is 15.4 Å². The standard InChI is InChI=1S/C20H27ClN4O3S.HI/c1-22-20(23-11-10-16-6-8-18(21)9-7-16)24-15-17-4-3-5-19(14-17)29(26,27)25-12-13-28-2;/h3-9,14,25H,10-13,15H2,1-2H3,(H2,22,23,24);1H. The molecule has 3 N–H and O–H groups in total. The second-order valence-electron chi connectivity index (χ2n) is 6.27. The predicted octanol–water partition coefficient (Wildman–Crippen LogP) is 2.79. The van der Waals surface area contributed by atoms with E-state index in [0.717, 1.165) is 17.0 Å². The van der Waals surface area contributed by atoms with Crippen molar-refractivity contribution < 1.29 is 13.2 Å². The average Bonchev–Trinajstić information content (AvgIpc) is 2.72. The number of aliphatic imine (C=N–C) groups is 1. The Balaban J connectivity index is 0.00000450. The number of methoxy groups -OCH3 is 1. The monoisotopic (exact) mass is 566 g/mol. The molecule has 0 aliphatic rings. The van der Waals surface area contributed by atoms with E-state index >= 15 is 0 Å². The van der Waals surface area contributed by atoms with Crippen LogP contribution in [0, 0.1) is 0 Å². The normalized spacial score (nSPS) is 11.6. The molecule has 0 aliphatic carbocycles. The zero-order valence-corrected chi connectivity index (χ0v) is 20.9. The van der Waals surface area contributed by atoms with Crippen LogP contribution in [0.15, 0.2) is 58.4 Å². The zero-order valence-electron chi connectivity index (χ0n) is 17.0. The number of nitrogens with zero attached hydrogens (tertiary/aromatic N) is 1. The number of halogens is 2. The van der Waals surface area contributed by atoms with Crippen molar-refractivity contribution in [3.05, 3.63) is 64.7 Å². The van der Waals surface area contributed by atoms with Gasteiger partial charge in [-0.3, -0.25) is 4.99 Å². The lowest BCUT2D eigenvalue weighted by Crippen LogP contribution is -2.37. The van der Waals surface area contributed by atoms with Gasteiger partial charge in [-0.2, -0.15) is 0 Å². The second kappa shape index (κ2) is 13.8. The summed E-state index contributed by atoms with van der Waals surface area (Å²) >= 11 is 5.90. The Morgan fingerprint density at radius 1 is 1.07 bits per heavy atom. The highest BCUT2D eigenvalue weighted by Crippen LogP contribution is 2.11. The van der Waals surface area contributed by atoms with Gasteiger partial charge >= 0.3 is 0 Å². The van der Waals surface area contributed by atoms with E-state index in [9.17, 15) is 8.42 Å². The van der Waals surface area contributed by atoms with Crippen LogP contribution in [0.4, 0.5) is 0 Å². The maximum absolute atomic E-state index is 12.3. The quantitative estimate of drug-likeness (QED) is 0.178. The van der Waals surface area contributed by atoms with Gasteiger partial charge in [-0.15, -0.1) is 24.0 Å². The number of guanidine groups is 1. The van der Waals surface area contributed by atoms with Crippen LogP contribution in [0.1, 0.15) is 11.1 Å². The Bertz CT molecular complexity index is 909. The van der Waals surface area contributed by atoms with E-state index in [-0.39, 0.29) is 35.4 Å². The van der Waals surface area contributed by atoms with E-state index in [4.69, 9.17) is 16.3 Å². The third kappa shape index (κ3) is 9.17. The summed E-state index contributed by atoms with van der Waals surface area (Å²) < 4.78 is 32.0. The molecule has 2 rings (SSSR count). The zero-order chi connectivity index (χ0) is 21.1. The Morgan fingerprint density at radius 2 is 1.80 bits per heavy atom. The molecule has 0 radical (unpaired) electrons. The topological polar surface area (TPSA) is 91.8 Å². The Labute approximate surface area is 200 Å². The van der Waals surface area contributed by atoms with Gasteiger partial charge in [0.1, 0.15) is 0 Å². The third-order valence-corrected chi connectivity index (χ3v) is 5.82. The van der Waals surface area contributed by atoms with E-state index in [2.05, 4.69) is 20.3 Å². The Hall–Kier alpha value is -1.40. The minimum atomic E-state index is -3.56. The van der Waals surface area contributed by atoms with Gasteiger partial charge in [-0.25, -0.2) is 13.1 Å². The molecule has 10 heteroatoms. The van der Waals surface area contributed by atoms with Crippen molar-refractivity contribution in [1.82, 2.24) is 15.4 Å². The molecule has 0 atom stereocenters. The van der Waals surface area contributed by atoms with Gasteiger partial charge in [-0.05, 0) is 41.8 Å². The number of nitrogens with one attached hydrogen (secondary N) is 3. The number of sulfonamides is 1. The maximum Gasteiger partial charge on any atom is 0.240 e. The van der Waals surface area contributed by atoms with Crippen molar-refractivity contribution in [2.24, 2.45) is 4.99 Å². The third-order valence-electron chi connectivity index (χ3n) is 4.11. The van der Waals surface area contributed by atoms with Gasteiger partial charge in [0.15, 0.2) is 5.96 Å². The molecule has 0 bridgehead atoms. The molecule has 0 fully saturated rings. The molecule has 7 nitrogen and oxygen atoms in total. The number of rotatable bonds is 10. The van der Waals surface area contributed by atoms with Gasteiger partial charge in [0, 0.05) is 38.8 Å². The fourth-order valence-corrected chi connectivity index (χ4v) is 3.78. The predicted molar refractivity (Wildman–Crippen MR) is 132 cm³/mol. The molecular formula is C20H28ClIN4O3S. The molecule has 30 heavy (non-hydrogen) atoms. The van der Waals surface area contributed by atoms with E-state index in [1.54, 1.807) is 25.2 Å². The van der Waals surface area contributed by atoms with Gasteiger partial charge in [-0.1, -0.05) is 35.9 Å². The second-order valence-corrected chi connectivity index (χ2v) is 8.47. The molecule has 0 saturated heterocycles. The van der Waals surface area contributed by atoms with Gasteiger partial charge in [0.05, 0.1) is 11.5 Å². The first-order valence-corrected chi connectivity index (χ1v) is 11.1. The fraction of sp³-hybridized carbons (Fsp3) is 0.350. The molecule has 2 aromatic carbocycles. The van der Waals surface area contributed by atoms with Gasteiger partial charge < -0.3 is 15.4 Å².